The van der Waals surface area contributed by atoms with E-state index < -0.39 is 5.60 Å². The van der Waals surface area contributed by atoms with E-state index in [0.717, 1.165) is 17.8 Å². The van der Waals surface area contributed by atoms with Crippen molar-refractivity contribution in [3.63, 3.8) is 0 Å². The lowest BCUT2D eigenvalue weighted by Crippen LogP contribution is -2.29. The fraction of sp³-hybridized carbons (Fsp3) is 0.357. The van der Waals surface area contributed by atoms with Crippen molar-refractivity contribution < 1.29 is 5.11 Å². The highest BCUT2D eigenvalue weighted by Gasteiger charge is 2.19. The van der Waals surface area contributed by atoms with Gasteiger partial charge in [0.2, 0.25) is 0 Å². The maximum absolute atomic E-state index is 10.1. The van der Waals surface area contributed by atoms with Crippen molar-refractivity contribution in [3.05, 3.63) is 42.7 Å². The molecule has 3 heteroatoms. The summed E-state index contributed by atoms with van der Waals surface area (Å²) in [5.41, 5.74) is 0.383. The molecule has 2 aromatic rings. The predicted octanol–water partition coefficient (Wildman–Crippen LogP) is 2.71. The average Bonchev–Trinajstić information content (AvgIpc) is 2.77. The van der Waals surface area contributed by atoms with E-state index in [4.69, 9.17) is 0 Å². The van der Waals surface area contributed by atoms with E-state index in [1.54, 1.807) is 6.20 Å². The van der Waals surface area contributed by atoms with E-state index >= 15 is 0 Å². The van der Waals surface area contributed by atoms with Gasteiger partial charge in [-0.2, -0.15) is 0 Å². The number of imidazole rings is 1. The number of nitrogens with zero attached hydrogens (tertiary/aromatic N) is 2. The lowest BCUT2D eigenvalue weighted by Gasteiger charge is -2.22. The third-order valence-corrected chi connectivity index (χ3v) is 3.02. The fourth-order valence-electron chi connectivity index (χ4n) is 1.76. The van der Waals surface area contributed by atoms with E-state index in [2.05, 4.69) is 4.98 Å². The van der Waals surface area contributed by atoms with E-state index in [0.29, 0.717) is 6.54 Å². The van der Waals surface area contributed by atoms with Crippen LogP contribution in [0.5, 0.6) is 0 Å². The topological polar surface area (TPSA) is 38.0 Å². The molecule has 0 saturated heterocycles. The summed E-state index contributed by atoms with van der Waals surface area (Å²) in [6, 6.07) is 10.0. The Morgan fingerprint density at radius 2 is 2.00 bits per heavy atom. The third kappa shape index (κ3) is 2.74. The summed E-state index contributed by atoms with van der Waals surface area (Å²) in [4.78, 5) is 4.36. The highest BCUT2D eigenvalue weighted by atomic mass is 16.3. The maximum atomic E-state index is 10.1. The van der Waals surface area contributed by atoms with Gasteiger partial charge in [0.1, 0.15) is 5.82 Å². The van der Waals surface area contributed by atoms with Crippen LogP contribution in [0.25, 0.3) is 11.4 Å². The van der Waals surface area contributed by atoms with Crippen LogP contribution in [0.1, 0.15) is 20.3 Å². The molecule has 1 atom stereocenters. The molecule has 0 aliphatic rings. The maximum Gasteiger partial charge on any atom is 0.139 e. The molecule has 0 aliphatic carbocycles. The summed E-state index contributed by atoms with van der Waals surface area (Å²) in [6.07, 6.45) is 4.40. The van der Waals surface area contributed by atoms with Crippen LogP contribution in [0.15, 0.2) is 42.7 Å². The van der Waals surface area contributed by atoms with Crippen LogP contribution >= 0.6 is 0 Å². The van der Waals surface area contributed by atoms with Gasteiger partial charge in [0.05, 0.1) is 12.1 Å². The molecule has 1 unspecified atom stereocenters. The first-order chi connectivity index (χ1) is 8.12. The van der Waals surface area contributed by atoms with Gasteiger partial charge in [-0.25, -0.2) is 4.98 Å². The number of hydrogen-bond acceptors (Lipinski definition) is 2. The van der Waals surface area contributed by atoms with Crippen molar-refractivity contribution >= 4 is 0 Å². The molecular formula is C14H18N2O. The highest BCUT2D eigenvalue weighted by Crippen LogP contribution is 2.20. The normalized spacial score (nSPS) is 14.5. The Labute approximate surface area is 102 Å². The Morgan fingerprint density at radius 1 is 1.29 bits per heavy atom. The third-order valence-electron chi connectivity index (χ3n) is 3.02. The molecular weight excluding hydrogens is 212 g/mol. The quantitative estimate of drug-likeness (QED) is 0.877. The Morgan fingerprint density at radius 3 is 2.65 bits per heavy atom. The highest BCUT2D eigenvalue weighted by molar-refractivity contribution is 5.55. The first-order valence-corrected chi connectivity index (χ1v) is 5.91. The molecule has 0 fully saturated rings. The van der Waals surface area contributed by atoms with Crippen LogP contribution in [0.4, 0.5) is 0 Å². The SMILES string of the molecule is CCC(C)(O)Cn1ccnc1-c1ccccc1. The molecule has 90 valence electrons. The summed E-state index contributed by atoms with van der Waals surface area (Å²) in [7, 11) is 0. The van der Waals surface area contributed by atoms with E-state index in [9.17, 15) is 5.11 Å². The molecule has 0 bridgehead atoms. The molecule has 0 amide bonds. The summed E-state index contributed by atoms with van der Waals surface area (Å²) in [6.45, 7) is 4.40. The lowest BCUT2D eigenvalue weighted by atomic mass is 10.0. The van der Waals surface area contributed by atoms with Crippen molar-refractivity contribution in [1.82, 2.24) is 9.55 Å². The molecule has 17 heavy (non-hydrogen) atoms. The van der Waals surface area contributed by atoms with E-state index in [1.807, 2.05) is 54.9 Å². The summed E-state index contributed by atoms with van der Waals surface area (Å²) < 4.78 is 2.00. The van der Waals surface area contributed by atoms with Crippen LogP contribution in [-0.2, 0) is 6.54 Å². The molecule has 0 saturated carbocycles. The molecule has 1 aromatic heterocycles. The number of aliphatic hydroxyl groups is 1. The molecule has 1 aromatic carbocycles. The molecule has 2 rings (SSSR count). The van der Waals surface area contributed by atoms with E-state index in [-0.39, 0.29) is 0 Å². The van der Waals surface area contributed by atoms with Crippen molar-refractivity contribution in [2.75, 3.05) is 0 Å². The van der Waals surface area contributed by atoms with Crippen molar-refractivity contribution in [3.8, 4) is 11.4 Å². The van der Waals surface area contributed by atoms with Crippen LogP contribution in [0.3, 0.4) is 0 Å². The number of benzene rings is 1. The second kappa shape index (κ2) is 4.72. The smallest absolute Gasteiger partial charge is 0.139 e. The van der Waals surface area contributed by atoms with Crippen molar-refractivity contribution in [2.24, 2.45) is 0 Å². The molecule has 0 spiro atoms. The second-order valence-electron chi connectivity index (χ2n) is 4.60. The summed E-state index contributed by atoms with van der Waals surface area (Å²) in [5.74, 6) is 0.902. The van der Waals surface area contributed by atoms with Crippen LogP contribution in [-0.4, -0.2) is 20.3 Å². The largest absolute Gasteiger partial charge is 0.388 e. The fourth-order valence-corrected chi connectivity index (χ4v) is 1.76. The minimum absolute atomic E-state index is 0.563. The zero-order chi connectivity index (χ0) is 12.3. The monoisotopic (exact) mass is 230 g/mol. The van der Waals surface area contributed by atoms with Gasteiger partial charge in [0.15, 0.2) is 0 Å². The minimum atomic E-state index is -0.690. The number of rotatable bonds is 4. The van der Waals surface area contributed by atoms with Gasteiger partial charge in [0, 0.05) is 18.0 Å². The lowest BCUT2D eigenvalue weighted by molar-refractivity contribution is 0.0384. The van der Waals surface area contributed by atoms with Gasteiger partial charge < -0.3 is 9.67 Å². The standard InChI is InChI=1S/C14H18N2O/c1-3-14(2,17)11-16-10-9-15-13(16)12-7-5-4-6-8-12/h4-10,17H,3,11H2,1-2H3. The van der Waals surface area contributed by atoms with Crippen LogP contribution in [0.2, 0.25) is 0 Å². The van der Waals surface area contributed by atoms with Gasteiger partial charge in [-0.1, -0.05) is 37.3 Å². The Hall–Kier alpha value is -1.61. The number of aromatic nitrogens is 2. The van der Waals surface area contributed by atoms with Crippen molar-refractivity contribution in [2.45, 2.75) is 32.4 Å². The molecule has 1 heterocycles. The zero-order valence-corrected chi connectivity index (χ0v) is 10.3. The molecule has 0 aliphatic heterocycles. The van der Waals surface area contributed by atoms with Crippen LogP contribution in [0, 0.1) is 0 Å². The Kier molecular flexibility index (Phi) is 3.29. The second-order valence-corrected chi connectivity index (χ2v) is 4.60. The molecule has 0 radical (unpaired) electrons. The van der Waals surface area contributed by atoms with Crippen molar-refractivity contribution in [1.29, 1.82) is 0 Å². The first-order valence-electron chi connectivity index (χ1n) is 5.91. The Bertz CT molecular complexity index is 474. The van der Waals surface area contributed by atoms with Gasteiger partial charge in [0.25, 0.3) is 0 Å². The molecule has 3 nitrogen and oxygen atoms in total. The molecule has 1 N–H and O–H groups in total. The zero-order valence-electron chi connectivity index (χ0n) is 10.3. The summed E-state index contributed by atoms with van der Waals surface area (Å²) in [5, 5.41) is 10.1. The van der Waals surface area contributed by atoms with Gasteiger partial charge >= 0.3 is 0 Å². The summed E-state index contributed by atoms with van der Waals surface area (Å²) >= 11 is 0. The first kappa shape index (κ1) is 11.9. The van der Waals surface area contributed by atoms with Gasteiger partial charge in [-0.3, -0.25) is 0 Å². The minimum Gasteiger partial charge on any atom is -0.388 e. The van der Waals surface area contributed by atoms with Gasteiger partial charge in [-0.15, -0.1) is 0 Å². The average molecular weight is 230 g/mol. The number of hydrogen-bond donors (Lipinski definition) is 1. The van der Waals surface area contributed by atoms with Gasteiger partial charge in [-0.05, 0) is 13.3 Å². The van der Waals surface area contributed by atoms with E-state index in [1.165, 1.54) is 0 Å². The predicted molar refractivity (Wildman–Crippen MR) is 68.6 cm³/mol. The Balaban J connectivity index is 2.30. The van der Waals surface area contributed by atoms with Crippen LogP contribution < -0.4 is 0 Å².